The second kappa shape index (κ2) is 6.60. The van der Waals surface area contributed by atoms with E-state index in [0.717, 1.165) is 18.9 Å². The van der Waals surface area contributed by atoms with Crippen LogP contribution in [0.5, 0.6) is 0 Å². The average molecular weight is 226 g/mol. The van der Waals surface area contributed by atoms with Gasteiger partial charge in [-0.2, -0.15) is 5.10 Å². The van der Waals surface area contributed by atoms with Crippen molar-refractivity contribution in [2.75, 3.05) is 13.2 Å². The zero-order chi connectivity index (χ0) is 12.0. The maximum Gasteiger partial charge on any atom is 0.138 e. The second-order valence-corrected chi connectivity index (χ2v) is 4.25. The number of hydrogen-bond donors (Lipinski definition) is 1. The molecule has 5 nitrogen and oxygen atoms in total. The Morgan fingerprint density at radius 1 is 1.50 bits per heavy atom. The summed E-state index contributed by atoms with van der Waals surface area (Å²) in [6.07, 6.45) is 3.31. The van der Waals surface area contributed by atoms with Gasteiger partial charge < -0.3 is 10.5 Å². The third-order valence-corrected chi connectivity index (χ3v) is 2.26. The lowest BCUT2D eigenvalue weighted by atomic mass is 10.2. The monoisotopic (exact) mass is 226 g/mol. The maximum absolute atomic E-state index is 5.97. The Morgan fingerprint density at radius 3 is 2.88 bits per heavy atom. The van der Waals surface area contributed by atoms with Gasteiger partial charge in [-0.05, 0) is 20.3 Å². The highest BCUT2D eigenvalue weighted by Crippen LogP contribution is 2.06. The van der Waals surface area contributed by atoms with Crippen molar-refractivity contribution in [2.24, 2.45) is 5.73 Å². The Morgan fingerprint density at radius 2 is 2.25 bits per heavy atom. The fraction of sp³-hybridized carbons (Fsp3) is 0.818. The molecule has 0 aromatic carbocycles. The van der Waals surface area contributed by atoms with Crippen LogP contribution in [0.2, 0.25) is 0 Å². The molecule has 0 saturated heterocycles. The molecule has 16 heavy (non-hydrogen) atoms. The van der Waals surface area contributed by atoms with Crippen molar-refractivity contribution in [3.05, 3.63) is 12.2 Å². The van der Waals surface area contributed by atoms with Gasteiger partial charge in [0.2, 0.25) is 0 Å². The van der Waals surface area contributed by atoms with Crippen molar-refractivity contribution in [2.45, 2.75) is 45.7 Å². The predicted octanol–water partition coefficient (Wildman–Crippen LogP) is 1.16. The molecule has 0 bridgehead atoms. The fourth-order valence-corrected chi connectivity index (χ4v) is 1.52. The molecule has 0 spiro atoms. The van der Waals surface area contributed by atoms with Gasteiger partial charge in [0.15, 0.2) is 0 Å². The number of ether oxygens (including phenoxy) is 1. The zero-order valence-corrected chi connectivity index (χ0v) is 10.4. The minimum absolute atomic E-state index is 0.00625. The topological polar surface area (TPSA) is 66.0 Å². The molecule has 5 heteroatoms. The normalized spacial score (nSPS) is 13.3. The Balaban J connectivity index is 2.43. The van der Waals surface area contributed by atoms with E-state index in [1.54, 1.807) is 6.33 Å². The van der Waals surface area contributed by atoms with E-state index in [1.807, 2.05) is 4.68 Å². The van der Waals surface area contributed by atoms with Crippen LogP contribution in [0.1, 0.15) is 39.1 Å². The molecular weight excluding hydrogens is 204 g/mol. The summed E-state index contributed by atoms with van der Waals surface area (Å²) in [5.74, 6) is 0.933. The summed E-state index contributed by atoms with van der Waals surface area (Å²) in [5.41, 5.74) is 5.97. The van der Waals surface area contributed by atoms with Gasteiger partial charge in [-0.3, -0.25) is 0 Å². The number of hydrogen-bond acceptors (Lipinski definition) is 4. The van der Waals surface area contributed by atoms with Crippen molar-refractivity contribution < 1.29 is 4.74 Å². The minimum Gasteiger partial charge on any atom is -0.380 e. The van der Waals surface area contributed by atoms with Gasteiger partial charge in [-0.25, -0.2) is 9.67 Å². The predicted molar refractivity (Wildman–Crippen MR) is 63.2 cm³/mol. The van der Waals surface area contributed by atoms with E-state index in [4.69, 9.17) is 10.5 Å². The van der Waals surface area contributed by atoms with Gasteiger partial charge in [-0.1, -0.05) is 6.92 Å². The van der Waals surface area contributed by atoms with Crippen LogP contribution >= 0.6 is 0 Å². The molecule has 0 radical (unpaired) electrons. The zero-order valence-electron chi connectivity index (χ0n) is 10.4. The molecule has 0 saturated carbocycles. The van der Waals surface area contributed by atoms with Gasteiger partial charge in [0.1, 0.15) is 12.2 Å². The van der Waals surface area contributed by atoms with Crippen molar-refractivity contribution >= 4 is 0 Å². The van der Waals surface area contributed by atoms with E-state index < -0.39 is 0 Å². The molecular formula is C11H22N4O. The molecule has 0 fully saturated rings. The standard InChI is InChI=1S/C11H22N4O/c1-4-5-16-7-10(12)6-11-13-8-14-15(11)9(2)3/h8-10H,4-7,12H2,1-3H3. The lowest BCUT2D eigenvalue weighted by Crippen LogP contribution is -2.30. The third-order valence-electron chi connectivity index (χ3n) is 2.26. The summed E-state index contributed by atoms with van der Waals surface area (Å²) in [7, 11) is 0. The van der Waals surface area contributed by atoms with Crippen LogP contribution in [0.15, 0.2) is 6.33 Å². The summed E-state index contributed by atoms with van der Waals surface area (Å²) in [6, 6.07) is 0.314. The van der Waals surface area contributed by atoms with Crippen LogP contribution in [0.4, 0.5) is 0 Å². The number of nitrogens with two attached hydrogens (primary N) is 1. The highest BCUT2D eigenvalue weighted by atomic mass is 16.5. The first-order chi connectivity index (χ1) is 7.65. The number of aromatic nitrogens is 3. The molecule has 92 valence electrons. The smallest absolute Gasteiger partial charge is 0.138 e. The lowest BCUT2D eigenvalue weighted by molar-refractivity contribution is 0.120. The molecule has 0 aliphatic rings. The van der Waals surface area contributed by atoms with E-state index in [1.165, 1.54) is 0 Å². The summed E-state index contributed by atoms with van der Waals surface area (Å²) < 4.78 is 7.31. The summed E-state index contributed by atoms with van der Waals surface area (Å²) in [6.45, 7) is 7.60. The van der Waals surface area contributed by atoms with Crippen molar-refractivity contribution in [3.8, 4) is 0 Å². The molecule has 1 heterocycles. The Kier molecular flexibility index (Phi) is 5.42. The number of nitrogens with zero attached hydrogens (tertiary/aromatic N) is 3. The van der Waals surface area contributed by atoms with Crippen LogP contribution in [0, 0.1) is 0 Å². The molecule has 0 aliphatic heterocycles. The first-order valence-electron chi connectivity index (χ1n) is 5.86. The van der Waals surface area contributed by atoms with E-state index >= 15 is 0 Å². The SMILES string of the molecule is CCCOCC(N)Cc1ncnn1C(C)C. The van der Waals surface area contributed by atoms with Gasteiger partial charge in [0, 0.05) is 25.1 Å². The van der Waals surface area contributed by atoms with E-state index in [2.05, 4.69) is 30.9 Å². The maximum atomic E-state index is 5.97. The van der Waals surface area contributed by atoms with Crippen molar-refractivity contribution in [1.82, 2.24) is 14.8 Å². The summed E-state index contributed by atoms with van der Waals surface area (Å²) in [4.78, 5) is 4.22. The minimum atomic E-state index is -0.00625. The summed E-state index contributed by atoms with van der Waals surface area (Å²) in [5, 5.41) is 4.17. The van der Waals surface area contributed by atoms with Crippen LogP contribution < -0.4 is 5.73 Å². The Hall–Kier alpha value is -0.940. The van der Waals surface area contributed by atoms with E-state index in [9.17, 15) is 0 Å². The van der Waals surface area contributed by atoms with Crippen LogP contribution in [-0.4, -0.2) is 34.0 Å². The number of rotatable bonds is 7. The first-order valence-corrected chi connectivity index (χ1v) is 5.86. The molecule has 0 aliphatic carbocycles. The molecule has 1 unspecified atom stereocenters. The highest BCUT2D eigenvalue weighted by molar-refractivity contribution is 4.90. The molecule has 0 amide bonds. The quantitative estimate of drug-likeness (QED) is 0.708. The Labute approximate surface area is 97.0 Å². The average Bonchev–Trinajstić information content (AvgIpc) is 2.66. The van der Waals surface area contributed by atoms with E-state index in [-0.39, 0.29) is 6.04 Å². The third kappa shape index (κ3) is 3.90. The van der Waals surface area contributed by atoms with Crippen molar-refractivity contribution in [1.29, 1.82) is 0 Å². The Bertz CT molecular complexity index is 298. The fourth-order valence-electron chi connectivity index (χ4n) is 1.52. The molecule has 1 atom stereocenters. The van der Waals surface area contributed by atoms with Crippen LogP contribution in [0.25, 0.3) is 0 Å². The van der Waals surface area contributed by atoms with Gasteiger partial charge in [-0.15, -0.1) is 0 Å². The van der Waals surface area contributed by atoms with E-state index in [0.29, 0.717) is 19.1 Å². The van der Waals surface area contributed by atoms with Crippen molar-refractivity contribution in [3.63, 3.8) is 0 Å². The highest BCUT2D eigenvalue weighted by Gasteiger charge is 2.11. The first kappa shape index (κ1) is 13.1. The molecule has 1 aromatic rings. The van der Waals surface area contributed by atoms with Gasteiger partial charge in [0.05, 0.1) is 6.61 Å². The summed E-state index contributed by atoms with van der Waals surface area (Å²) >= 11 is 0. The van der Waals surface area contributed by atoms with Crippen LogP contribution in [-0.2, 0) is 11.2 Å². The van der Waals surface area contributed by atoms with Gasteiger partial charge in [0.25, 0.3) is 0 Å². The molecule has 2 N–H and O–H groups in total. The van der Waals surface area contributed by atoms with Crippen LogP contribution in [0.3, 0.4) is 0 Å². The van der Waals surface area contributed by atoms with Gasteiger partial charge >= 0.3 is 0 Å². The second-order valence-electron chi connectivity index (χ2n) is 4.25. The lowest BCUT2D eigenvalue weighted by Gasteiger charge is -2.13. The molecule has 1 rings (SSSR count). The largest absolute Gasteiger partial charge is 0.380 e. The molecule has 1 aromatic heterocycles.